The van der Waals surface area contributed by atoms with Crippen LogP contribution in [0, 0.1) is 0 Å². The first kappa shape index (κ1) is 22.2. The first-order valence-corrected chi connectivity index (χ1v) is 10.9. The number of sulfonamides is 1. The van der Waals surface area contributed by atoms with Crippen LogP contribution in [0.25, 0.3) is 0 Å². The van der Waals surface area contributed by atoms with E-state index < -0.39 is 10.0 Å². The van der Waals surface area contributed by atoms with Crippen LogP contribution in [0.4, 0.5) is 5.69 Å². The van der Waals surface area contributed by atoms with E-state index in [-0.39, 0.29) is 17.3 Å². The molecule has 0 fully saturated rings. The lowest BCUT2D eigenvalue weighted by Crippen LogP contribution is -2.27. The van der Waals surface area contributed by atoms with Crippen LogP contribution in [-0.4, -0.2) is 35.6 Å². The molecule has 0 aliphatic carbocycles. The molecule has 3 aromatic carbocycles. The molecule has 3 aromatic rings. The molecule has 162 valence electrons. The maximum atomic E-state index is 12.8. The third-order valence-corrected chi connectivity index (χ3v) is 6.57. The van der Waals surface area contributed by atoms with E-state index in [2.05, 4.69) is 5.32 Å². The van der Waals surface area contributed by atoms with Gasteiger partial charge >= 0.3 is 0 Å². The molecular weight excluding hydrogens is 416 g/mol. The molecule has 8 heteroatoms. The maximum absolute atomic E-state index is 12.8. The first-order valence-electron chi connectivity index (χ1n) is 9.50. The number of nitrogens with zero attached hydrogens (tertiary/aromatic N) is 1. The number of carbonyl (C=O) groups excluding carboxylic acids is 1. The molecule has 0 atom stereocenters. The van der Waals surface area contributed by atoms with Crippen molar-refractivity contribution in [1.29, 1.82) is 0 Å². The van der Waals surface area contributed by atoms with E-state index in [0.717, 1.165) is 9.87 Å². The second kappa shape index (κ2) is 9.53. The summed E-state index contributed by atoms with van der Waals surface area (Å²) in [6.07, 6.45) is 0. The number of methoxy groups -OCH3 is 2. The fraction of sp³-hybridized carbons (Fsp3) is 0.174. The minimum absolute atomic E-state index is 0.181. The van der Waals surface area contributed by atoms with Crippen molar-refractivity contribution < 1.29 is 22.7 Å². The van der Waals surface area contributed by atoms with Gasteiger partial charge in [0.15, 0.2) is 11.5 Å². The lowest BCUT2D eigenvalue weighted by atomic mass is 10.1. The molecule has 0 radical (unpaired) electrons. The first-order chi connectivity index (χ1) is 14.9. The van der Waals surface area contributed by atoms with Crippen LogP contribution in [0.3, 0.4) is 0 Å². The van der Waals surface area contributed by atoms with Gasteiger partial charge < -0.3 is 14.8 Å². The van der Waals surface area contributed by atoms with Crippen molar-refractivity contribution in [1.82, 2.24) is 5.32 Å². The smallest absolute Gasteiger partial charge is 0.264 e. The predicted octanol–water partition coefficient (Wildman–Crippen LogP) is 3.46. The fourth-order valence-corrected chi connectivity index (χ4v) is 4.22. The van der Waals surface area contributed by atoms with Gasteiger partial charge in [-0.15, -0.1) is 0 Å². The van der Waals surface area contributed by atoms with Crippen molar-refractivity contribution in [2.45, 2.75) is 11.4 Å². The van der Waals surface area contributed by atoms with Gasteiger partial charge in [-0.1, -0.05) is 30.3 Å². The van der Waals surface area contributed by atoms with Crippen molar-refractivity contribution in [3.05, 3.63) is 83.9 Å². The van der Waals surface area contributed by atoms with Crippen LogP contribution in [0.2, 0.25) is 0 Å². The summed E-state index contributed by atoms with van der Waals surface area (Å²) >= 11 is 0. The summed E-state index contributed by atoms with van der Waals surface area (Å²) in [6.45, 7) is 0.279. The van der Waals surface area contributed by atoms with Crippen LogP contribution in [0.5, 0.6) is 11.5 Å². The Balaban J connectivity index is 1.75. The Morgan fingerprint density at radius 2 is 1.61 bits per heavy atom. The number of rotatable bonds is 8. The largest absolute Gasteiger partial charge is 0.493 e. The standard InChI is InChI=1S/C23H24N2O5S/c1-25(31(27,28)20-10-5-4-6-11-20)19-9-7-8-18(15-19)23(26)24-16-17-12-13-21(29-2)22(14-17)30-3/h4-15H,16H2,1-3H3,(H,24,26). The van der Waals surface area contributed by atoms with Gasteiger partial charge in [-0.05, 0) is 48.0 Å². The third-order valence-electron chi connectivity index (χ3n) is 4.77. The number of carbonyl (C=O) groups is 1. The van der Waals surface area contributed by atoms with Crippen LogP contribution >= 0.6 is 0 Å². The summed E-state index contributed by atoms with van der Waals surface area (Å²) in [6, 6.07) is 20.0. The molecule has 0 bridgehead atoms. The number of hydrogen-bond acceptors (Lipinski definition) is 5. The highest BCUT2D eigenvalue weighted by Crippen LogP contribution is 2.27. The topological polar surface area (TPSA) is 84.9 Å². The van der Waals surface area contributed by atoms with Gasteiger partial charge in [0.05, 0.1) is 24.8 Å². The molecule has 31 heavy (non-hydrogen) atoms. The lowest BCUT2D eigenvalue weighted by molar-refractivity contribution is 0.0951. The van der Waals surface area contributed by atoms with Gasteiger partial charge in [-0.25, -0.2) is 8.42 Å². The molecule has 0 unspecified atom stereocenters. The molecule has 0 aromatic heterocycles. The van der Waals surface area contributed by atoms with Crippen LogP contribution in [0.1, 0.15) is 15.9 Å². The zero-order chi connectivity index (χ0) is 22.4. The summed E-state index contributed by atoms with van der Waals surface area (Å²) in [7, 11) is 0.837. The van der Waals surface area contributed by atoms with Gasteiger partial charge in [0.25, 0.3) is 15.9 Å². The SMILES string of the molecule is COc1ccc(CNC(=O)c2cccc(N(C)S(=O)(=O)c3ccccc3)c2)cc1OC. The van der Waals surface area contributed by atoms with Gasteiger partial charge in [-0.3, -0.25) is 9.10 Å². The Hall–Kier alpha value is -3.52. The lowest BCUT2D eigenvalue weighted by Gasteiger charge is -2.20. The van der Waals surface area contributed by atoms with E-state index in [0.29, 0.717) is 22.7 Å². The number of nitrogens with one attached hydrogen (secondary N) is 1. The minimum Gasteiger partial charge on any atom is -0.493 e. The monoisotopic (exact) mass is 440 g/mol. The summed E-state index contributed by atoms with van der Waals surface area (Å²) in [4.78, 5) is 12.8. The van der Waals surface area contributed by atoms with E-state index >= 15 is 0 Å². The molecule has 0 saturated heterocycles. The van der Waals surface area contributed by atoms with Gasteiger partial charge in [0, 0.05) is 19.2 Å². The highest BCUT2D eigenvalue weighted by molar-refractivity contribution is 7.92. The van der Waals surface area contributed by atoms with Crippen LogP contribution in [-0.2, 0) is 16.6 Å². The van der Waals surface area contributed by atoms with E-state index in [1.165, 1.54) is 19.2 Å². The van der Waals surface area contributed by atoms with E-state index in [1.54, 1.807) is 68.8 Å². The third kappa shape index (κ3) is 4.97. The maximum Gasteiger partial charge on any atom is 0.264 e. The summed E-state index contributed by atoms with van der Waals surface area (Å²) in [5, 5.41) is 2.84. The Morgan fingerprint density at radius 3 is 2.29 bits per heavy atom. The zero-order valence-electron chi connectivity index (χ0n) is 17.5. The minimum atomic E-state index is -3.73. The summed E-state index contributed by atoms with van der Waals surface area (Å²) < 4.78 is 37.3. The number of ether oxygens (including phenoxy) is 2. The Kier molecular flexibility index (Phi) is 6.81. The second-order valence-electron chi connectivity index (χ2n) is 6.71. The molecule has 7 nitrogen and oxygen atoms in total. The number of anilines is 1. The molecular formula is C23H24N2O5S. The molecule has 3 rings (SSSR count). The molecule has 0 spiro atoms. The highest BCUT2D eigenvalue weighted by atomic mass is 32.2. The Bertz CT molecular complexity index is 1160. The highest BCUT2D eigenvalue weighted by Gasteiger charge is 2.21. The normalized spacial score (nSPS) is 10.9. The number of amides is 1. The molecule has 0 aliphatic heterocycles. The molecule has 1 N–H and O–H groups in total. The molecule has 0 aliphatic rings. The van der Waals surface area contributed by atoms with Crippen molar-refractivity contribution in [2.24, 2.45) is 0 Å². The average Bonchev–Trinajstić information content (AvgIpc) is 2.82. The Labute approximate surface area is 182 Å². The van der Waals surface area contributed by atoms with Crippen molar-refractivity contribution >= 4 is 21.6 Å². The average molecular weight is 441 g/mol. The predicted molar refractivity (Wildman–Crippen MR) is 119 cm³/mol. The zero-order valence-corrected chi connectivity index (χ0v) is 18.3. The fourth-order valence-electron chi connectivity index (χ4n) is 3.01. The second-order valence-corrected chi connectivity index (χ2v) is 8.68. The van der Waals surface area contributed by atoms with E-state index in [4.69, 9.17) is 9.47 Å². The van der Waals surface area contributed by atoms with Crippen LogP contribution in [0.15, 0.2) is 77.7 Å². The Morgan fingerprint density at radius 1 is 0.903 bits per heavy atom. The summed E-state index contributed by atoms with van der Waals surface area (Å²) in [5.74, 6) is 0.860. The number of hydrogen-bond donors (Lipinski definition) is 1. The molecule has 1 amide bonds. The molecule has 0 saturated carbocycles. The van der Waals surface area contributed by atoms with Gasteiger partial charge in [0.1, 0.15) is 0 Å². The summed E-state index contributed by atoms with van der Waals surface area (Å²) in [5.41, 5.74) is 1.58. The van der Waals surface area contributed by atoms with E-state index in [1.807, 2.05) is 6.07 Å². The van der Waals surface area contributed by atoms with E-state index in [9.17, 15) is 13.2 Å². The van der Waals surface area contributed by atoms with Crippen molar-refractivity contribution in [3.8, 4) is 11.5 Å². The van der Waals surface area contributed by atoms with Gasteiger partial charge in [0.2, 0.25) is 0 Å². The van der Waals surface area contributed by atoms with Gasteiger partial charge in [-0.2, -0.15) is 0 Å². The quantitative estimate of drug-likeness (QED) is 0.580. The van der Waals surface area contributed by atoms with Crippen molar-refractivity contribution in [2.75, 3.05) is 25.6 Å². The van der Waals surface area contributed by atoms with Crippen LogP contribution < -0.4 is 19.1 Å². The molecule has 0 heterocycles. The van der Waals surface area contributed by atoms with Crippen molar-refractivity contribution in [3.63, 3.8) is 0 Å². The number of benzene rings is 3.